The number of rotatable bonds is 13. The Balaban J connectivity index is 1.51. The van der Waals surface area contributed by atoms with Gasteiger partial charge in [-0.25, -0.2) is 0 Å². The Kier molecular flexibility index (Phi) is 11.3. The van der Waals surface area contributed by atoms with Crippen molar-refractivity contribution in [2.45, 2.75) is 109 Å². The maximum Gasteiger partial charge on any atom is 0.501 e. The number of carbonyl (C=O) groups excluding carboxylic acids is 3. The van der Waals surface area contributed by atoms with Crippen LogP contribution in [0.25, 0.3) is 0 Å². The molecule has 6 atom stereocenters. The lowest BCUT2D eigenvalue weighted by atomic mass is 9.55. The summed E-state index contributed by atoms with van der Waals surface area (Å²) in [4.78, 5) is 50.4. The molecule has 272 valence electrons. The number of Topliss-reactive ketones (excluding diaryl/α,β-unsaturated/α-hetero) is 2. The van der Waals surface area contributed by atoms with Gasteiger partial charge in [-0.2, -0.15) is 13.9 Å². The summed E-state index contributed by atoms with van der Waals surface area (Å²) in [5.74, 6) is -6.79. The molecule has 14 heteroatoms. The molecule has 0 spiro atoms. The van der Waals surface area contributed by atoms with E-state index >= 15 is 0 Å². The standard InChI is InChI=1S/C35H52N3O10P/c1-4-7-8-14-38(49(46,47-5-2)48-6-3)19-20-10-9-11-21(15-20)23-12-13-25(39)27-24(23)18-34(37)17-22-16-26(40)28(33(36)44)31(42)35(22,45)32(43)29(34)30(27)41/h11,20,22,26,28,40,45-46H,4-10,12-19,37H2,1-3H3,(H3-,36,39,41,43,44)/p+1/t20?,22-,26?,28?,34+,35-/m1/s1. The Hall–Kier alpha value is -2.48. The van der Waals surface area contributed by atoms with E-state index in [9.17, 15) is 39.7 Å². The Morgan fingerprint density at radius 1 is 1.10 bits per heavy atom. The van der Waals surface area contributed by atoms with Crippen molar-refractivity contribution in [2.24, 2.45) is 29.2 Å². The van der Waals surface area contributed by atoms with Crippen LogP contribution in [0.3, 0.4) is 0 Å². The van der Waals surface area contributed by atoms with Crippen LogP contribution in [0.2, 0.25) is 0 Å². The highest BCUT2D eigenvalue weighted by molar-refractivity contribution is 7.58. The highest BCUT2D eigenvalue weighted by Gasteiger charge is 2.64. The van der Waals surface area contributed by atoms with Crippen molar-refractivity contribution in [1.29, 1.82) is 0 Å². The average molecular weight is 707 g/mol. The molecule has 0 aliphatic heterocycles. The number of nitrogens with two attached hydrogens (primary N) is 2. The minimum atomic E-state index is -3.26. The maximum atomic E-state index is 13.4. The number of nitrogens with zero attached hydrogens (tertiary/aromatic N) is 1. The van der Waals surface area contributed by atoms with Gasteiger partial charge in [-0.3, -0.25) is 14.4 Å². The number of carbonyl (C=O) groups is 3. The number of hydrogen-bond acceptors (Lipinski definition) is 12. The molecule has 5 aliphatic carbocycles. The fraction of sp³-hybridized carbons (Fsp3) is 0.686. The third-order valence-electron chi connectivity index (χ3n) is 11.0. The van der Waals surface area contributed by atoms with Crippen molar-refractivity contribution in [1.82, 2.24) is 4.67 Å². The SMILES string of the molecule is CCCCCN(CC1CCC=C(C2=C3C[C@@]4(N)C[C@H]5CC(O)C(C(N)=O)C(=O)[C@@]5(O)C(O)=C4C(O)=C3C(=O)CC2)C1)[P+](O)(OCC)OCC. The highest BCUT2D eigenvalue weighted by Crippen LogP contribution is 2.61. The quantitative estimate of drug-likeness (QED) is 0.0830. The van der Waals surface area contributed by atoms with E-state index in [1.54, 1.807) is 0 Å². The molecular weight excluding hydrogens is 653 g/mol. The number of ketones is 2. The van der Waals surface area contributed by atoms with E-state index in [1.807, 2.05) is 18.5 Å². The molecule has 13 nitrogen and oxygen atoms in total. The lowest BCUT2D eigenvalue weighted by Gasteiger charge is -2.52. The maximum absolute atomic E-state index is 13.4. The van der Waals surface area contributed by atoms with Crippen LogP contribution >= 0.6 is 8.09 Å². The monoisotopic (exact) mass is 706 g/mol. The summed E-state index contributed by atoms with van der Waals surface area (Å²) in [6.07, 6.45) is 6.19. The van der Waals surface area contributed by atoms with Gasteiger partial charge in [0.2, 0.25) is 5.91 Å². The molecule has 3 unspecified atom stereocenters. The Morgan fingerprint density at radius 2 is 1.80 bits per heavy atom. The van der Waals surface area contributed by atoms with Gasteiger partial charge in [0.25, 0.3) is 0 Å². The van der Waals surface area contributed by atoms with Crippen LogP contribution in [-0.2, 0) is 23.4 Å². The van der Waals surface area contributed by atoms with Crippen LogP contribution < -0.4 is 11.5 Å². The Labute approximate surface area is 288 Å². The van der Waals surface area contributed by atoms with Gasteiger partial charge in [-0.05, 0) is 87.9 Å². The second kappa shape index (κ2) is 14.6. The molecule has 5 aliphatic rings. The lowest BCUT2D eigenvalue weighted by molar-refractivity contribution is -0.168. The molecular formula is C35H53N3O10P+. The van der Waals surface area contributed by atoms with Crippen molar-refractivity contribution >= 4 is 25.6 Å². The van der Waals surface area contributed by atoms with E-state index in [1.165, 1.54) is 0 Å². The first-order valence-electron chi connectivity index (χ1n) is 17.7. The van der Waals surface area contributed by atoms with Gasteiger partial charge in [0.15, 0.2) is 17.2 Å². The van der Waals surface area contributed by atoms with E-state index in [0.717, 1.165) is 43.3 Å². The molecule has 0 heterocycles. The van der Waals surface area contributed by atoms with Gasteiger partial charge in [0.05, 0.1) is 36.0 Å². The Morgan fingerprint density at radius 3 is 2.43 bits per heavy atom. The molecule has 1 fully saturated rings. The first kappa shape index (κ1) is 37.8. The van der Waals surface area contributed by atoms with Crippen LogP contribution in [0.15, 0.2) is 45.5 Å². The van der Waals surface area contributed by atoms with E-state index < -0.39 is 60.4 Å². The topological polar surface area (TPSA) is 226 Å². The van der Waals surface area contributed by atoms with Crippen LogP contribution in [0.5, 0.6) is 0 Å². The zero-order valence-corrected chi connectivity index (χ0v) is 29.7. The number of unbranched alkanes of at least 4 members (excludes halogenated alkanes) is 2. The second-order valence-corrected chi connectivity index (χ2v) is 16.3. The molecule has 0 radical (unpaired) electrons. The smallest absolute Gasteiger partial charge is 0.501 e. The fourth-order valence-corrected chi connectivity index (χ4v) is 10.6. The van der Waals surface area contributed by atoms with Crippen LogP contribution in [0.1, 0.15) is 91.4 Å². The molecule has 1 saturated carbocycles. The first-order valence-corrected chi connectivity index (χ1v) is 19.2. The van der Waals surface area contributed by atoms with Gasteiger partial charge in [-0.15, -0.1) is 4.67 Å². The Bertz CT molecular complexity index is 1480. The average Bonchev–Trinajstić information content (AvgIpc) is 3.02. The summed E-state index contributed by atoms with van der Waals surface area (Å²) in [5.41, 5.74) is 10.5. The fourth-order valence-electron chi connectivity index (χ4n) is 8.74. The van der Waals surface area contributed by atoms with E-state index in [2.05, 4.69) is 13.0 Å². The molecule has 9 N–H and O–H groups in total. The summed E-state index contributed by atoms with van der Waals surface area (Å²) in [6.45, 7) is 7.63. The molecule has 0 aromatic heterocycles. The molecule has 0 aromatic carbocycles. The molecule has 5 rings (SSSR count). The minimum Gasteiger partial charge on any atom is -0.508 e. The number of aliphatic hydroxyl groups excluding tert-OH is 3. The van der Waals surface area contributed by atoms with Crippen LogP contribution in [0.4, 0.5) is 0 Å². The number of aliphatic hydroxyl groups is 4. The van der Waals surface area contributed by atoms with Crippen molar-refractivity contribution in [3.8, 4) is 0 Å². The van der Waals surface area contributed by atoms with Crippen LogP contribution in [-0.4, -0.2) is 91.0 Å². The summed E-state index contributed by atoms with van der Waals surface area (Å²) in [5, 5.41) is 45.5. The zero-order chi connectivity index (χ0) is 35.9. The van der Waals surface area contributed by atoms with Gasteiger partial charge < -0.3 is 31.9 Å². The molecule has 0 saturated heterocycles. The molecule has 49 heavy (non-hydrogen) atoms. The molecule has 0 aromatic rings. The van der Waals surface area contributed by atoms with Gasteiger partial charge in [-0.1, -0.05) is 25.8 Å². The van der Waals surface area contributed by atoms with Crippen molar-refractivity contribution in [3.63, 3.8) is 0 Å². The van der Waals surface area contributed by atoms with Crippen molar-refractivity contribution in [3.05, 3.63) is 45.5 Å². The van der Waals surface area contributed by atoms with Gasteiger partial charge >= 0.3 is 8.09 Å². The summed E-state index contributed by atoms with van der Waals surface area (Å²) in [6, 6.07) is 0. The van der Waals surface area contributed by atoms with E-state index in [4.69, 9.17) is 20.5 Å². The van der Waals surface area contributed by atoms with Gasteiger partial charge in [0, 0.05) is 25.4 Å². The number of allylic oxidation sites excluding steroid dienone is 4. The highest BCUT2D eigenvalue weighted by atomic mass is 31.2. The third kappa shape index (κ3) is 6.69. The third-order valence-corrected chi connectivity index (χ3v) is 13.3. The lowest BCUT2D eigenvalue weighted by Crippen LogP contribution is -2.66. The number of fused-ring (bicyclic) bond motifs is 3. The molecule has 0 bridgehead atoms. The largest absolute Gasteiger partial charge is 0.508 e. The summed E-state index contributed by atoms with van der Waals surface area (Å²) in [7, 11) is -3.26. The zero-order valence-electron chi connectivity index (χ0n) is 28.8. The molecule has 1 amide bonds. The predicted molar refractivity (Wildman–Crippen MR) is 182 cm³/mol. The summed E-state index contributed by atoms with van der Waals surface area (Å²) < 4.78 is 13.7. The number of primary amides is 1. The van der Waals surface area contributed by atoms with Crippen LogP contribution in [0, 0.1) is 17.8 Å². The van der Waals surface area contributed by atoms with Crippen molar-refractivity contribution in [2.75, 3.05) is 26.3 Å². The predicted octanol–water partition coefficient (Wildman–Crippen LogP) is 3.52. The number of amides is 1. The normalized spacial score (nSPS) is 32.3. The number of hydrogen-bond donors (Lipinski definition) is 7. The summed E-state index contributed by atoms with van der Waals surface area (Å²) >= 11 is 0. The van der Waals surface area contributed by atoms with E-state index in [0.29, 0.717) is 44.7 Å². The van der Waals surface area contributed by atoms with E-state index in [-0.39, 0.29) is 48.5 Å². The minimum absolute atomic E-state index is 0.0119. The van der Waals surface area contributed by atoms with Gasteiger partial charge in [0.1, 0.15) is 17.4 Å². The first-order chi connectivity index (χ1) is 23.2. The van der Waals surface area contributed by atoms with Crippen molar-refractivity contribution < 1.29 is 48.8 Å². The second-order valence-electron chi connectivity index (χ2n) is 14.2.